The number of aryl methyl sites for hydroxylation is 1. The molecule has 100 valence electrons. The Morgan fingerprint density at radius 3 is 2.32 bits per heavy atom. The van der Waals surface area contributed by atoms with Crippen LogP contribution in [0.4, 0.5) is 5.69 Å². The Hall–Kier alpha value is -1.80. The number of benzene rings is 2. The van der Waals surface area contributed by atoms with Crippen molar-refractivity contribution in [2.24, 2.45) is 5.73 Å². The van der Waals surface area contributed by atoms with E-state index >= 15 is 0 Å². The summed E-state index contributed by atoms with van der Waals surface area (Å²) in [5, 5.41) is 3.39. The third-order valence-corrected chi connectivity index (χ3v) is 3.25. The summed E-state index contributed by atoms with van der Waals surface area (Å²) in [5.41, 5.74) is 9.84. The Morgan fingerprint density at radius 1 is 1.00 bits per heavy atom. The molecule has 2 nitrogen and oxygen atoms in total. The van der Waals surface area contributed by atoms with Gasteiger partial charge >= 0.3 is 0 Å². The average Bonchev–Trinajstić information content (AvgIpc) is 2.47. The smallest absolute Gasteiger partial charge is 0.0470 e. The van der Waals surface area contributed by atoms with E-state index in [1.54, 1.807) is 0 Å². The van der Waals surface area contributed by atoms with Gasteiger partial charge in [-0.15, -0.1) is 0 Å². The maximum atomic E-state index is 6.16. The molecule has 0 heterocycles. The minimum Gasteiger partial charge on any atom is -0.383 e. The highest BCUT2D eigenvalue weighted by Crippen LogP contribution is 2.14. The van der Waals surface area contributed by atoms with E-state index in [0.717, 1.165) is 24.2 Å². The van der Waals surface area contributed by atoms with Crippen molar-refractivity contribution in [1.29, 1.82) is 0 Å². The first-order chi connectivity index (χ1) is 9.29. The predicted octanol–water partition coefficient (Wildman–Crippen LogP) is 3.75. The number of hydrogen-bond donors (Lipinski definition) is 2. The second-order valence-electron chi connectivity index (χ2n) is 4.85. The van der Waals surface area contributed by atoms with Crippen LogP contribution >= 0.6 is 0 Å². The maximum absolute atomic E-state index is 6.16. The Kier molecular flexibility index (Phi) is 4.99. The molecule has 1 unspecified atom stereocenters. The van der Waals surface area contributed by atoms with Gasteiger partial charge in [0.1, 0.15) is 0 Å². The zero-order chi connectivity index (χ0) is 13.5. The minimum atomic E-state index is 0.0246. The number of nitrogens with two attached hydrogens (primary N) is 1. The molecule has 1 atom stereocenters. The van der Waals surface area contributed by atoms with E-state index in [4.69, 9.17) is 5.73 Å². The third kappa shape index (κ3) is 4.11. The van der Waals surface area contributed by atoms with E-state index in [2.05, 4.69) is 48.6 Å². The summed E-state index contributed by atoms with van der Waals surface area (Å²) >= 11 is 0. The largest absolute Gasteiger partial charge is 0.383 e. The van der Waals surface area contributed by atoms with Gasteiger partial charge in [0, 0.05) is 18.3 Å². The van der Waals surface area contributed by atoms with Crippen molar-refractivity contribution in [3.05, 3.63) is 65.7 Å². The predicted molar refractivity (Wildman–Crippen MR) is 82.3 cm³/mol. The van der Waals surface area contributed by atoms with Gasteiger partial charge in [0.15, 0.2) is 0 Å². The van der Waals surface area contributed by atoms with Gasteiger partial charge in [0.25, 0.3) is 0 Å². The topological polar surface area (TPSA) is 38.0 Å². The summed E-state index contributed by atoms with van der Waals surface area (Å²) in [5.74, 6) is 0. The van der Waals surface area contributed by atoms with Crippen LogP contribution in [0.25, 0.3) is 0 Å². The van der Waals surface area contributed by atoms with Crippen molar-refractivity contribution < 1.29 is 0 Å². The first kappa shape index (κ1) is 13.6. The van der Waals surface area contributed by atoms with Crippen LogP contribution in [0.1, 0.15) is 30.5 Å². The molecule has 0 aliphatic rings. The summed E-state index contributed by atoms with van der Waals surface area (Å²) in [4.78, 5) is 0. The molecule has 0 fully saturated rings. The fraction of sp³-hybridized carbons (Fsp3) is 0.294. The molecule has 2 heteroatoms. The van der Waals surface area contributed by atoms with Gasteiger partial charge in [-0.25, -0.2) is 0 Å². The Balaban J connectivity index is 1.88. The van der Waals surface area contributed by atoms with Crippen molar-refractivity contribution in [2.75, 3.05) is 11.9 Å². The molecule has 0 saturated carbocycles. The van der Waals surface area contributed by atoms with Gasteiger partial charge in [0.05, 0.1) is 0 Å². The van der Waals surface area contributed by atoms with Gasteiger partial charge in [-0.1, -0.05) is 55.8 Å². The Bertz CT molecular complexity index is 476. The second kappa shape index (κ2) is 6.95. The SMILES string of the molecule is CCCc1ccc(NCC(N)c2ccccc2)cc1. The minimum absolute atomic E-state index is 0.0246. The highest BCUT2D eigenvalue weighted by Gasteiger charge is 2.04. The number of anilines is 1. The van der Waals surface area contributed by atoms with Gasteiger partial charge in [0.2, 0.25) is 0 Å². The molecule has 2 rings (SSSR count). The van der Waals surface area contributed by atoms with E-state index in [1.807, 2.05) is 18.2 Å². The highest BCUT2D eigenvalue weighted by atomic mass is 14.9. The fourth-order valence-corrected chi connectivity index (χ4v) is 2.12. The van der Waals surface area contributed by atoms with E-state index in [1.165, 1.54) is 12.0 Å². The van der Waals surface area contributed by atoms with Crippen molar-refractivity contribution in [3.8, 4) is 0 Å². The summed E-state index contributed by atoms with van der Waals surface area (Å²) in [6.45, 7) is 2.95. The van der Waals surface area contributed by atoms with Crippen molar-refractivity contribution >= 4 is 5.69 Å². The molecule has 0 amide bonds. The van der Waals surface area contributed by atoms with Crippen LogP contribution in [0.2, 0.25) is 0 Å². The summed E-state index contributed by atoms with van der Waals surface area (Å²) in [6.07, 6.45) is 2.33. The van der Waals surface area contributed by atoms with Gasteiger partial charge in [-0.2, -0.15) is 0 Å². The molecular formula is C17H22N2. The van der Waals surface area contributed by atoms with Crippen LogP contribution in [0.5, 0.6) is 0 Å². The van der Waals surface area contributed by atoms with Crippen LogP contribution in [0, 0.1) is 0 Å². The van der Waals surface area contributed by atoms with E-state index in [9.17, 15) is 0 Å². The molecule has 0 radical (unpaired) electrons. The molecule has 0 saturated heterocycles. The lowest BCUT2D eigenvalue weighted by molar-refractivity contribution is 0.764. The Morgan fingerprint density at radius 2 is 1.68 bits per heavy atom. The molecule has 0 spiro atoms. The van der Waals surface area contributed by atoms with E-state index < -0.39 is 0 Å². The average molecular weight is 254 g/mol. The van der Waals surface area contributed by atoms with Gasteiger partial charge in [-0.3, -0.25) is 0 Å². The lowest BCUT2D eigenvalue weighted by Crippen LogP contribution is -2.20. The molecule has 0 aliphatic carbocycles. The van der Waals surface area contributed by atoms with Crippen LogP contribution in [-0.2, 0) is 6.42 Å². The van der Waals surface area contributed by atoms with Crippen LogP contribution in [0.3, 0.4) is 0 Å². The zero-order valence-electron chi connectivity index (χ0n) is 11.5. The molecular weight excluding hydrogens is 232 g/mol. The first-order valence-electron chi connectivity index (χ1n) is 6.93. The van der Waals surface area contributed by atoms with Crippen molar-refractivity contribution in [3.63, 3.8) is 0 Å². The van der Waals surface area contributed by atoms with Gasteiger partial charge in [-0.05, 0) is 29.7 Å². The monoisotopic (exact) mass is 254 g/mol. The van der Waals surface area contributed by atoms with E-state index in [0.29, 0.717) is 0 Å². The third-order valence-electron chi connectivity index (χ3n) is 3.25. The molecule has 19 heavy (non-hydrogen) atoms. The fourth-order valence-electron chi connectivity index (χ4n) is 2.12. The van der Waals surface area contributed by atoms with Gasteiger partial charge < -0.3 is 11.1 Å². The van der Waals surface area contributed by atoms with Crippen molar-refractivity contribution in [2.45, 2.75) is 25.8 Å². The van der Waals surface area contributed by atoms with Crippen molar-refractivity contribution in [1.82, 2.24) is 0 Å². The summed E-state index contributed by atoms with van der Waals surface area (Å²) in [7, 11) is 0. The number of nitrogens with one attached hydrogen (secondary N) is 1. The zero-order valence-corrected chi connectivity index (χ0v) is 11.5. The lowest BCUT2D eigenvalue weighted by Gasteiger charge is -2.14. The maximum Gasteiger partial charge on any atom is 0.0470 e. The summed E-state index contributed by atoms with van der Waals surface area (Å²) in [6, 6.07) is 18.8. The Labute approximate surface area is 115 Å². The molecule has 2 aromatic carbocycles. The molecule has 2 aromatic rings. The number of hydrogen-bond acceptors (Lipinski definition) is 2. The first-order valence-corrected chi connectivity index (χ1v) is 6.93. The standard InChI is InChI=1S/C17H22N2/c1-2-6-14-9-11-16(12-10-14)19-13-17(18)15-7-4-3-5-8-15/h3-5,7-12,17,19H,2,6,13,18H2,1H3. The molecule has 3 N–H and O–H groups in total. The lowest BCUT2D eigenvalue weighted by atomic mass is 10.1. The van der Waals surface area contributed by atoms with Crippen LogP contribution in [0.15, 0.2) is 54.6 Å². The quantitative estimate of drug-likeness (QED) is 0.824. The highest BCUT2D eigenvalue weighted by molar-refractivity contribution is 5.45. The summed E-state index contributed by atoms with van der Waals surface area (Å²) < 4.78 is 0. The normalized spacial score (nSPS) is 12.1. The molecule has 0 aromatic heterocycles. The van der Waals surface area contributed by atoms with Crippen LogP contribution in [-0.4, -0.2) is 6.54 Å². The second-order valence-corrected chi connectivity index (χ2v) is 4.85. The van der Waals surface area contributed by atoms with Crippen LogP contribution < -0.4 is 11.1 Å². The molecule has 0 aliphatic heterocycles. The molecule has 0 bridgehead atoms. The number of rotatable bonds is 6. The van der Waals surface area contributed by atoms with E-state index in [-0.39, 0.29) is 6.04 Å².